The maximum atomic E-state index is 12.1. The number of hydrogen-bond acceptors (Lipinski definition) is 3. The largest absolute Gasteiger partial charge is 0.342 e. The molecule has 0 saturated heterocycles. The zero-order valence-electron chi connectivity index (χ0n) is 13.0. The minimum atomic E-state index is -3.53. The van der Waals surface area contributed by atoms with Crippen molar-refractivity contribution in [3.8, 4) is 0 Å². The second kappa shape index (κ2) is 9.27. The summed E-state index contributed by atoms with van der Waals surface area (Å²) in [6, 6.07) is 6.44. The first-order chi connectivity index (χ1) is 10.4. The van der Waals surface area contributed by atoms with Crippen molar-refractivity contribution in [2.75, 3.05) is 19.6 Å². The molecule has 0 radical (unpaired) electrons. The average Bonchev–Trinajstić information content (AvgIpc) is 2.46. The number of rotatable bonds is 9. The molecule has 0 atom stereocenters. The molecule has 1 aromatic rings. The predicted octanol–water partition coefficient (Wildman–Crippen LogP) is 2.77. The number of sulfonamides is 1. The van der Waals surface area contributed by atoms with Crippen molar-refractivity contribution in [2.45, 2.75) is 38.0 Å². The first kappa shape index (κ1) is 19.1. The number of nitrogens with zero attached hydrogens (tertiary/aromatic N) is 1. The fraction of sp³-hybridized carbons (Fsp3) is 0.533. The molecule has 0 fully saturated rings. The molecule has 0 spiro atoms. The van der Waals surface area contributed by atoms with Gasteiger partial charge in [-0.05, 0) is 30.7 Å². The highest BCUT2D eigenvalue weighted by atomic mass is 79.9. The maximum Gasteiger partial charge on any atom is 0.240 e. The van der Waals surface area contributed by atoms with Crippen LogP contribution in [0.15, 0.2) is 33.6 Å². The Bertz CT molecular complexity index is 573. The van der Waals surface area contributed by atoms with Crippen molar-refractivity contribution < 1.29 is 13.2 Å². The molecule has 0 aliphatic heterocycles. The SMILES string of the molecule is CCCCCN(CCNS(=O)(=O)c1ccc(Br)cc1)C(C)=O. The molecule has 0 aromatic heterocycles. The second-order valence-corrected chi connectivity index (χ2v) is 7.75. The van der Waals surface area contributed by atoms with Gasteiger partial charge in [0.1, 0.15) is 0 Å². The van der Waals surface area contributed by atoms with Crippen molar-refractivity contribution in [1.82, 2.24) is 9.62 Å². The lowest BCUT2D eigenvalue weighted by atomic mass is 10.2. The van der Waals surface area contributed by atoms with Crippen LogP contribution >= 0.6 is 15.9 Å². The van der Waals surface area contributed by atoms with Crippen LogP contribution in [0.4, 0.5) is 0 Å². The summed E-state index contributed by atoms with van der Waals surface area (Å²) in [5, 5.41) is 0. The molecule has 5 nitrogen and oxygen atoms in total. The van der Waals surface area contributed by atoms with E-state index in [1.54, 1.807) is 17.0 Å². The fourth-order valence-corrected chi connectivity index (χ4v) is 3.28. The van der Waals surface area contributed by atoms with E-state index in [-0.39, 0.29) is 17.3 Å². The van der Waals surface area contributed by atoms with Crippen LogP contribution < -0.4 is 4.72 Å². The standard InChI is InChI=1S/C15H23BrN2O3S/c1-3-4-5-11-18(13(2)19)12-10-17-22(20,21)15-8-6-14(16)7-9-15/h6-9,17H,3-5,10-12H2,1-2H3. The van der Waals surface area contributed by atoms with E-state index >= 15 is 0 Å². The topological polar surface area (TPSA) is 66.5 Å². The zero-order chi connectivity index (χ0) is 16.6. The molecule has 0 saturated carbocycles. The Morgan fingerprint density at radius 1 is 1.18 bits per heavy atom. The Morgan fingerprint density at radius 3 is 2.36 bits per heavy atom. The molecule has 0 aliphatic carbocycles. The van der Waals surface area contributed by atoms with Gasteiger partial charge in [-0.15, -0.1) is 0 Å². The van der Waals surface area contributed by atoms with E-state index in [0.29, 0.717) is 13.1 Å². The molecule has 1 N–H and O–H groups in total. The van der Waals surface area contributed by atoms with Gasteiger partial charge in [-0.2, -0.15) is 0 Å². The zero-order valence-corrected chi connectivity index (χ0v) is 15.4. The van der Waals surface area contributed by atoms with Gasteiger partial charge in [0, 0.05) is 31.0 Å². The summed E-state index contributed by atoms with van der Waals surface area (Å²) in [5.41, 5.74) is 0. The third kappa shape index (κ3) is 6.46. The predicted molar refractivity (Wildman–Crippen MR) is 91.1 cm³/mol. The van der Waals surface area contributed by atoms with Gasteiger partial charge < -0.3 is 4.90 Å². The van der Waals surface area contributed by atoms with Gasteiger partial charge in [-0.3, -0.25) is 4.79 Å². The minimum absolute atomic E-state index is 0.0288. The minimum Gasteiger partial charge on any atom is -0.342 e. The van der Waals surface area contributed by atoms with Gasteiger partial charge >= 0.3 is 0 Å². The van der Waals surface area contributed by atoms with Crippen LogP contribution in [0.5, 0.6) is 0 Å². The van der Waals surface area contributed by atoms with Gasteiger partial charge in [0.25, 0.3) is 0 Å². The third-order valence-electron chi connectivity index (χ3n) is 3.27. The Kier molecular flexibility index (Phi) is 8.06. The Morgan fingerprint density at radius 2 is 1.82 bits per heavy atom. The molecule has 0 aliphatic rings. The Balaban J connectivity index is 2.52. The summed E-state index contributed by atoms with van der Waals surface area (Å²) >= 11 is 3.27. The van der Waals surface area contributed by atoms with Crippen LogP contribution in [-0.4, -0.2) is 38.9 Å². The lowest BCUT2D eigenvalue weighted by Gasteiger charge is -2.21. The molecule has 0 unspecified atom stereocenters. The van der Waals surface area contributed by atoms with Gasteiger partial charge in [0.05, 0.1) is 4.90 Å². The van der Waals surface area contributed by atoms with Gasteiger partial charge in [-0.25, -0.2) is 13.1 Å². The van der Waals surface area contributed by atoms with E-state index in [2.05, 4.69) is 27.6 Å². The number of hydrogen-bond donors (Lipinski definition) is 1. The quantitative estimate of drug-likeness (QED) is 0.659. The molecule has 1 rings (SSSR count). The van der Waals surface area contributed by atoms with Crippen molar-refractivity contribution >= 4 is 31.9 Å². The molecular formula is C15H23BrN2O3S. The first-order valence-corrected chi connectivity index (χ1v) is 9.65. The van der Waals surface area contributed by atoms with Crippen LogP contribution in [0.25, 0.3) is 0 Å². The lowest BCUT2D eigenvalue weighted by Crippen LogP contribution is -2.38. The van der Waals surface area contributed by atoms with Gasteiger partial charge in [0.2, 0.25) is 15.9 Å². The first-order valence-electron chi connectivity index (χ1n) is 7.37. The number of nitrogens with one attached hydrogen (secondary N) is 1. The maximum absolute atomic E-state index is 12.1. The van der Waals surface area contributed by atoms with Crippen LogP contribution in [0, 0.1) is 0 Å². The molecule has 1 aromatic carbocycles. The van der Waals surface area contributed by atoms with Crippen LogP contribution in [-0.2, 0) is 14.8 Å². The van der Waals surface area contributed by atoms with Gasteiger partial charge in [-0.1, -0.05) is 35.7 Å². The monoisotopic (exact) mass is 390 g/mol. The summed E-state index contributed by atoms with van der Waals surface area (Å²) in [4.78, 5) is 13.4. The Hall–Kier alpha value is -0.920. The molecule has 7 heteroatoms. The Labute approximate surface area is 141 Å². The summed E-state index contributed by atoms with van der Waals surface area (Å²) < 4.78 is 27.6. The number of halogens is 1. The van der Waals surface area contributed by atoms with E-state index in [4.69, 9.17) is 0 Å². The summed E-state index contributed by atoms with van der Waals surface area (Å²) in [5.74, 6) is -0.0288. The van der Waals surface area contributed by atoms with Crippen molar-refractivity contribution in [2.24, 2.45) is 0 Å². The molecule has 0 bridgehead atoms. The highest BCUT2D eigenvalue weighted by molar-refractivity contribution is 9.10. The van der Waals surface area contributed by atoms with E-state index in [9.17, 15) is 13.2 Å². The molecule has 1 amide bonds. The molecular weight excluding hydrogens is 368 g/mol. The van der Waals surface area contributed by atoms with E-state index in [0.717, 1.165) is 23.7 Å². The van der Waals surface area contributed by atoms with E-state index in [1.807, 2.05) is 0 Å². The number of unbranched alkanes of at least 4 members (excludes halogenated alkanes) is 2. The van der Waals surface area contributed by atoms with Crippen LogP contribution in [0.1, 0.15) is 33.1 Å². The summed E-state index contributed by atoms with van der Waals surface area (Å²) in [7, 11) is -3.53. The second-order valence-electron chi connectivity index (χ2n) is 5.06. The molecule has 22 heavy (non-hydrogen) atoms. The van der Waals surface area contributed by atoms with Crippen molar-refractivity contribution in [3.63, 3.8) is 0 Å². The summed E-state index contributed by atoms with van der Waals surface area (Å²) in [6.07, 6.45) is 3.09. The lowest BCUT2D eigenvalue weighted by molar-refractivity contribution is -0.128. The number of amides is 1. The molecule has 0 heterocycles. The highest BCUT2D eigenvalue weighted by Gasteiger charge is 2.14. The van der Waals surface area contributed by atoms with E-state index in [1.165, 1.54) is 19.1 Å². The van der Waals surface area contributed by atoms with Crippen LogP contribution in [0.3, 0.4) is 0 Å². The van der Waals surface area contributed by atoms with E-state index < -0.39 is 10.0 Å². The number of carbonyl (C=O) groups excluding carboxylic acids is 1. The number of benzene rings is 1. The normalized spacial score (nSPS) is 11.4. The fourth-order valence-electron chi connectivity index (χ4n) is 1.99. The summed E-state index contributed by atoms with van der Waals surface area (Å²) in [6.45, 7) is 4.88. The number of carbonyl (C=O) groups is 1. The smallest absolute Gasteiger partial charge is 0.240 e. The highest BCUT2D eigenvalue weighted by Crippen LogP contribution is 2.14. The average molecular weight is 391 g/mol. The third-order valence-corrected chi connectivity index (χ3v) is 5.28. The van der Waals surface area contributed by atoms with Gasteiger partial charge in [0.15, 0.2) is 0 Å². The molecule has 124 valence electrons. The van der Waals surface area contributed by atoms with Crippen molar-refractivity contribution in [3.05, 3.63) is 28.7 Å². The van der Waals surface area contributed by atoms with Crippen molar-refractivity contribution in [1.29, 1.82) is 0 Å². The van der Waals surface area contributed by atoms with Crippen LogP contribution in [0.2, 0.25) is 0 Å².